The summed E-state index contributed by atoms with van der Waals surface area (Å²) in [6.45, 7) is 8.91. The maximum absolute atomic E-state index is 12.5. The fourth-order valence-electron chi connectivity index (χ4n) is 7.17. The molecule has 2 saturated carbocycles. The van der Waals surface area contributed by atoms with E-state index in [0.717, 1.165) is 18.6 Å². The molecule has 0 bridgehead atoms. The van der Waals surface area contributed by atoms with Gasteiger partial charge in [-0.3, -0.25) is 14.6 Å². The summed E-state index contributed by atoms with van der Waals surface area (Å²) in [4.78, 5) is 31.6. The molecule has 10 heteroatoms. The molecule has 2 fully saturated rings. The Morgan fingerprint density at radius 3 is 2.64 bits per heavy atom. The van der Waals surface area contributed by atoms with E-state index in [9.17, 15) is 24.4 Å². The van der Waals surface area contributed by atoms with E-state index in [-0.39, 0.29) is 34.3 Å². The minimum absolute atomic E-state index is 0.00668. The lowest BCUT2D eigenvalue weighted by Gasteiger charge is -2.66. The molecule has 180 valence electrons. The van der Waals surface area contributed by atoms with Crippen LogP contribution in [0, 0.1) is 22.7 Å². The highest BCUT2D eigenvalue weighted by Gasteiger charge is 2.67. The van der Waals surface area contributed by atoms with E-state index in [1.165, 1.54) is 6.07 Å². The second-order valence-corrected chi connectivity index (χ2v) is 12.0. The summed E-state index contributed by atoms with van der Waals surface area (Å²) in [5.74, 6) is 0.551. The van der Waals surface area contributed by atoms with Gasteiger partial charge in [0.05, 0.1) is 11.3 Å². The number of benzene rings is 1. The minimum Gasteiger partial charge on any atom is -0.486 e. The molecule has 0 saturated heterocycles. The lowest BCUT2D eigenvalue weighted by Crippen LogP contribution is -2.69. The van der Waals surface area contributed by atoms with Crippen molar-refractivity contribution in [2.45, 2.75) is 71.9 Å². The summed E-state index contributed by atoms with van der Waals surface area (Å²) in [6.07, 6.45) is 3.65. The second kappa shape index (κ2) is 6.96. The van der Waals surface area contributed by atoms with Crippen molar-refractivity contribution in [2.75, 3.05) is 0 Å². The van der Waals surface area contributed by atoms with Crippen LogP contribution in [0.3, 0.4) is 0 Å². The summed E-state index contributed by atoms with van der Waals surface area (Å²) in [6, 6.07) is 1.44. The number of carbonyl (C=O) groups excluding carboxylic acids is 1. The van der Waals surface area contributed by atoms with E-state index >= 15 is 0 Å². The first-order valence-corrected chi connectivity index (χ1v) is 13.0. The molecule has 9 nitrogen and oxygen atoms in total. The van der Waals surface area contributed by atoms with Crippen LogP contribution in [-0.2, 0) is 17.5 Å². The zero-order valence-corrected chi connectivity index (χ0v) is 20.2. The highest BCUT2D eigenvalue weighted by atomic mass is 31.2. The molecule has 0 radical (unpaired) electrons. The molecule has 4 N–H and O–H groups in total. The molecule has 1 aromatic carbocycles. The second-order valence-electron chi connectivity index (χ2n) is 10.9. The molecule has 4 atom stereocenters. The summed E-state index contributed by atoms with van der Waals surface area (Å²) in [7, 11) is -4.85. The van der Waals surface area contributed by atoms with Gasteiger partial charge in [0.2, 0.25) is 0 Å². The average Bonchev–Trinajstić information content (AvgIpc) is 3.07. The van der Waals surface area contributed by atoms with Crippen LogP contribution >= 0.6 is 7.82 Å². The maximum atomic E-state index is 12.5. The molecule has 0 unspecified atom stereocenters. The van der Waals surface area contributed by atoms with Gasteiger partial charge >= 0.3 is 7.82 Å². The molecule has 2 aliphatic heterocycles. The third-order valence-corrected chi connectivity index (χ3v) is 9.57. The van der Waals surface area contributed by atoms with Gasteiger partial charge in [-0.05, 0) is 44.1 Å². The van der Waals surface area contributed by atoms with Crippen molar-refractivity contribution in [3.8, 4) is 11.5 Å². The Hall–Kier alpha value is -2.09. The van der Waals surface area contributed by atoms with E-state index in [1.54, 1.807) is 0 Å². The van der Waals surface area contributed by atoms with Crippen LogP contribution in [0.4, 0.5) is 0 Å². The maximum Gasteiger partial charge on any atom is 0.524 e. The number of oxime groups is 1. The van der Waals surface area contributed by atoms with Crippen molar-refractivity contribution < 1.29 is 33.6 Å². The lowest BCUT2D eigenvalue weighted by molar-refractivity contribution is -0.191. The molecule has 0 aromatic heterocycles. The molecule has 1 amide bonds. The van der Waals surface area contributed by atoms with Gasteiger partial charge in [-0.2, -0.15) is 0 Å². The quantitative estimate of drug-likeness (QED) is 0.288. The molecule has 2 aliphatic carbocycles. The molecule has 2 heterocycles. The Kier molecular flexibility index (Phi) is 4.79. The van der Waals surface area contributed by atoms with Gasteiger partial charge in [0, 0.05) is 34.4 Å². The number of rotatable bonds is 2. The highest BCUT2D eigenvalue weighted by Crippen LogP contribution is 2.66. The normalized spacial score (nSPS) is 35.6. The van der Waals surface area contributed by atoms with Crippen molar-refractivity contribution in [3.05, 3.63) is 22.8 Å². The van der Waals surface area contributed by atoms with E-state index < -0.39 is 13.4 Å². The van der Waals surface area contributed by atoms with Crippen LogP contribution < -0.4 is 14.6 Å². The molecule has 4 aliphatic rings. The van der Waals surface area contributed by atoms with E-state index in [4.69, 9.17) is 9.26 Å². The number of phosphoric acid groups is 1. The van der Waals surface area contributed by atoms with Gasteiger partial charge in [0.1, 0.15) is 17.1 Å². The van der Waals surface area contributed by atoms with Gasteiger partial charge in [-0.1, -0.05) is 32.9 Å². The molecule has 1 spiro atoms. The topological polar surface area (TPSA) is 138 Å². The van der Waals surface area contributed by atoms with Crippen LogP contribution in [0.15, 0.2) is 11.2 Å². The van der Waals surface area contributed by atoms with E-state index in [0.29, 0.717) is 48.2 Å². The first-order valence-electron chi connectivity index (χ1n) is 11.5. The number of nitrogens with zero attached hydrogens (tertiary/aromatic N) is 1. The fraction of sp³-hybridized carbons (Fsp3) is 0.652. The SMILES string of the molecule is C[C@H]1CC[C@H]2C(C)(C)/C(=N\O)CC[C@@]23Oc2c(c(OP(=O)(O)O)cc4c2CNC4=O)C[C@@]13C. The van der Waals surface area contributed by atoms with Crippen molar-refractivity contribution >= 4 is 19.4 Å². The van der Waals surface area contributed by atoms with Crippen molar-refractivity contribution in [1.82, 2.24) is 5.32 Å². The highest BCUT2D eigenvalue weighted by molar-refractivity contribution is 7.46. The zero-order valence-electron chi connectivity index (χ0n) is 19.3. The first kappa shape index (κ1) is 22.7. The van der Waals surface area contributed by atoms with Crippen LogP contribution in [-0.4, -0.2) is 32.2 Å². The summed E-state index contributed by atoms with van der Waals surface area (Å²) >= 11 is 0. The smallest absolute Gasteiger partial charge is 0.486 e. The number of phosphoric ester groups is 1. The number of fused-ring (bicyclic) bond motifs is 3. The largest absolute Gasteiger partial charge is 0.524 e. The Bertz CT molecular complexity index is 1130. The predicted molar refractivity (Wildman–Crippen MR) is 120 cm³/mol. The summed E-state index contributed by atoms with van der Waals surface area (Å²) in [5.41, 5.74) is 1.10. The Morgan fingerprint density at radius 2 is 1.97 bits per heavy atom. The average molecular weight is 478 g/mol. The Labute approximate surface area is 192 Å². The molecular formula is C23H31N2O7P. The Morgan fingerprint density at radius 1 is 1.24 bits per heavy atom. The Balaban J connectivity index is 1.74. The predicted octanol–water partition coefficient (Wildman–Crippen LogP) is 3.78. The third-order valence-electron chi connectivity index (χ3n) is 9.14. The number of hydrogen-bond acceptors (Lipinski definition) is 6. The van der Waals surface area contributed by atoms with E-state index in [1.807, 2.05) is 0 Å². The summed E-state index contributed by atoms with van der Waals surface area (Å²) < 4.78 is 23.9. The molecule has 1 aromatic rings. The number of ether oxygens (including phenoxy) is 1. The summed E-state index contributed by atoms with van der Waals surface area (Å²) in [5, 5.41) is 16.1. The lowest BCUT2D eigenvalue weighted by atomic mass is 9.44. The van der Waals surface area contributed by atoms with Gasteiger partial charge in [-0.25, -0.2) is 4.57 Å². The zero-order chi connectivity index (χ0) is 24.0. The molecule has 33 heavy (non-hydrogen) atoms. The van der Waals surface area contributed by atoms with Crippen molar-refractivity contribution in [1.29, 1.82) is 0 Å². The number of nitrogens with one attached hydrogen (secondary N) is 1. The van der Waals surface area contributed by atoms with Gasteiger partial charge in [0.25, 0.3) is 5.91 Å². The number of carbonyl (C=O) groups is 1. The minimum atomic E-state index is -4.85. The van der Waals surface area contributed by atoms with Crippen LogP contribution in [0.2, 0.25) is 0 Å². The number of hydrogen-bond donors (Lipinski definition) is 4. The van der Waals surface area contributed by atoms with Crippen molar-refractivity contribution in [2.24, 2.45) is 27.8 Å². The fourth-order valence-corrected chi connectivity index (χ4v) is 7.59. The van der Waals surface area contributed by atoms with Gasteiger partial charge < -0.3 is 19.8 Å². The first-order chi connectivity index (χ1) is 15.3. The van der Waals surface area contributed by atoms with Gasteiger partial charge in [0.15, 0.2) is 0 Å². The van der Waals surface area contributed by atoms with Crippen LogP contribution in [0.5, 0.6) is 11.5 Å². The standard InChI is InChI=1S/C23H31N2O7P/c1-12-5-6-17-21(2,3)18(25-27)7-8-23(17)22(12,4)10-14-16(32-33(28,29)30)9-13-15(19(14)31-23)11-24-20(13)26/h9,12,17,27H,5-8,10-11H2,1-4H3,(H,24,26)(H2,28,29,30)/b25-18-/t12-,17-,22-,23+/m0/s1. The van der Waals surface area contributed by atoms with Crippen molar-refractivity contribution in [3.63, 3.8) is 0 Å². The van der Waals surface area contributed by atoms with Gasteiger partial charge in [-0.15, -0.1) is 0 Å². The monoisotopic (exact) mass is 478 g/mol. The number of amides is 1. The van der Waals surface area contributed by atoms with E-state index in [2.05, 4.69) is 38.2 Å². The molecule has 5 rings (SSSR count). The molecular weight excluding hydrogens is 447 g/mol. The van der Waals surface area contributed by atoms with Crippen LogP contribution in [0.25, 0.3) is 0 Å². The van der Waals surface area contributed by atoms with Crippen LogP contribution in [0.1, 0.15) is 74.9 Å². The third kappa shape index (κ3) is 3.01.